The van der Waals surface area contributed by atoms with Gasteiger partial charge in [0, 0.05) is 10.8 Å². The summed E-state index contributed by atoms with van der Waals surface area (Å²) in [6.07, 6.45) is 0. The number of nitrogens with two attached hydrogens (primary N) is 1. The van der Waals surface area contributed by atoms with Gasteiger partial charge in [-0.3, -0.25) is 4.79 Å². The number of nitrogens with one attached hydrogen (secondary N) is 1. The summed E-state index contributed by atoms with van der Waals surface area (Å²) in [4.78, 5) is 16.4. The quantitative estimate of drug-likeness (QED) is 0.873. The molecule has 0 fully saturated rings. The fourth-order valence-corrected chi connectivity index (χ4v) is 2.36. The van der Waals surface area contributed by atoms with Gasteiger partial charge in [-0.05, 0) is 5.41 Å². The summed E-state index contributed by atoms with van der Waals surface area (Å²) in [6.45, 7) is 12.7. The zero-order chi connectivity index (χ0) is 14.8. The standard InChI is InChI=1S/C14H25N3OS.2ClH/c1-13(2,3)9-8-19-10(17-9)7-16-12(18)11(15)14(4,5)6;;/h8,11H,7,15H2,1-6H3,(H,16,18);2*1H/t11-;;/m1../s1. The van der Waals surface area contributed by atoms with Crippen molar-refractivity contribution in [1.29, 1.82) is 0 Å². The van der Waals surface area contributed by atoms with Gasteiger partial charge in [-0.2, -0.15) is 0 Å². The number of hydrogen-bond acceptors (Lipinski definition) is 4. The molecule has 21 heavy (non-hydrogen) atoms. The predicted octanol–water partition coefficient (Wildman–Crippen LogP) is 3.27. The van der Waals surface area contributed by atoms with Crippen molar-refractivity contribution >= 4 is 42.1 Å². The van der Waals surface area contributed by atoms with Gasteiger partial charge in [-0.15, -0.1) is 36.2 Å². The lowest BCUT2D eigenvalue weighted by molar-refractivity contribution is -0.124. The maximum Gasteiger partial charge on any atom is 0.237 e. The Morgan fingerprint density at radius 3 is 2.19 bits per heavy atom. The summed E-state index contributed by atoms with van der Waals surface area (Å²) in [5, 5.41) is 5.82. The number of amides is 1. The van der Waals surface area contributed by atoms with E-state index >= 15 is 0 Å². The highest BCUT2D eigenvalue weighted by molar-refractivity contribution is 7.09. The Bertz CT molecular complexity index is 450. The Morgan fingerprint density at radius 1 is 1.29 bits per heavy atom. The SMILES string of the molecule is CC(C)(C)c1csc(CNC(=O)[C@@H](N)C(C)(C)C)n1.Cl.Cl. The van der Waals surface area contributed by atoms with Gasteiger partial charge in [0.1, 0.15) is 5.01 Å². The molecule has 3 N–H and O–H groups in total. The molecule has 0 saturated heterocycles. The molecule has 0 aliphatic rings. The van der Waals surface area contributed by atoms with E-state index in [0.29, 0.717) is 6.54 Å². The molecule has 0 unspecified atom stereocenters. The molecule has 0 radical (unpaired) electrons. The maximum atomic E-state index is 11.9. The molecule has 1 aromatic rings. The molecule has 1 rings (SSSR count). The molecular formula is C14H27Cl2N3OS. The van der Waals surface area contributed by atoms with Crippen LogP contribution < -0.4 is 11.1 Å². The van der Waals surface area contributed by atoms with Crippen molar-refractivity contribution in [3.8, 4) is 0 Å². The van der Waals surface area contributed by atoms with Crippen molar-refractivity contribution in [3.63, 3.8) is 0 Å². The van der Waals surface area contributed by atoms with Crippen LogP contribution in [0.4, 0.5) is 0 Å². The van der Waals surface area contributed by atoms with Gasteiger partial charge in [0.05, 0.1) is 18.3 Å². The molecule has 0 spiro atoms. The second-order valence-electron chi connectivity index (χ2n) is 6.94. The van der Waals surface area contributed by atoms with Gasteiger partial charge in [0.15, 0.2) is 0 Å². The second-order valence-corrected chi connectivity index (χ2v) is 7.88. The number of rotatable bonds is 3. The van der Waals surface area contributed by atoms with Crippen molar-refractivity contribution in [1.82, 2.24) is 10.3 Å². The summed E-state index contributed by atoms with van der Waals surface area (Å²) in [5.74, 6) is -0.125. The first-order chi connectivity index (χ1) is 8.51. The van der Waals surface area contributed by atoms with Crippen LogP contribution in [0, 0.1) is 5.41 Å². The van der Waals surface area contributed by atoms with E-state index in [0.717, 1.165) is 10.7 Å². The monoisotopic (exact) mass is 355 g/mol. The van der Waals surface area contributed by atoms with Crippen molar-refractivity contribution in [2.75, 3.05) is 0 Å². The minimum atomic E-state index is -0.505. The lowest BCUT2D eigenvalue weighted by Crippen LogP contribution is -2.48. The normalized spacial score (nSPS) is 12.9. The maximum absolute atomic E-state index is 11.9. The minimum absolute atomic E-state index is 0. The Labute approximate surface area is 144 Å². The van der Waals surface area contributed by atoms with E-state index in [-0.39, 0.29) is 41.6 Å². The van der Waals surface area contributed by atoms with Gasteiger partial charge < -0.3 is 11.1 Å². The number of nitrogens with zero attached hydrogens (tertiary/aromatic N) is 1. The van der Waals surface area contributed by atoms with E-state index in [1.54, 1.807) is 11.3 Å². The van der Waals surface area contributed by atoms with Gasteiger partial charge in [-0.25, -0.2) is 4.98 Å². The molecule has 1 amide bonds. The third-order valence-corrected chi connectivity index (χ3v) is 3.80. The molecule has 1 aromatic heterocycles. The van der Waals surface area contributed by atoms with Crippen LogP contribution in [0.2, 0.25) is 0 Å². The zero-order valence-electron chi connectivity index (χ0n) is 13.5. The van der Waals surface area contributed by atoms with Crippen LogP contribution in [0.3, 0.4) is 0 Å². The van der Waals surface area contributed by atoms with Crippen LogP contribution in [0.15, 0.2) is 5.38 Å². The Morgan fingerprint density at radius 2 is 1.81 bits per heavy atom. The first-order valence-corrected chi connectivity index (χ1v) is 7.38. The largest absolute Gasteiger partial charge is 0.348 e. The summed E-state index contributed by atoms with van der Waals surface area (Å²) in [7, 11) is 0. The van der Waals surface area contributed by atoms with Gasteiger partial charge in [-0.1, -0.05) is 41.5 Å². The van der Waals surface area contributed by atoms with Crippen LogP contribution in [0.25, 0.3) is 0 Å². The first kappa shape index (κ1) is 22.9. The van der Waals surface area contributed by atoms with E-state index in [4.69, 9.17) is 5.73 Å². The van der Waals surface area contributed by atoms with E-state index < -0.39 is 6.04 Å². The predicted molar refractivity (Wildman–Crippen MR) is 94.6 cm³/mol. The Hall–Kier alpha value is -0.360. The van der Waals surface area contributed by atoms with Gasteiger partial charge in [0.2, 0.25) is 5.91 Å². The molecule has 0 aliphatic heterocycles. The third kappa shape index (κ3) is 6.96. The molecule has 4 nitrogen and oxygen atoms in total. The topological polar surface area (TPSA) is 68.0 Å². The smallest absolute Gasteiger partial charge is 0.237 e. The summed E-state index contributed by atoms with van der Waals surface area (Å²) in [6, 6.07) is -0.505. The van der Waals surface area contributed by atoms with Crippen LogP contribution in [-0.4, -0.2) is 16.9 Å². The Balaban J connectivity index is 0. The molecule has 7 heteroatoms. The van der Waals surface area contributed by atoms with Crippen LogP contribution in [0.5, 0.6) is 0 Å². The number of aromatic nitrogens is 1. The highest BCUT2D eigenvalue weighted by Crippen LogP contribution is 2.24. The number of halogens is 2. The lowest BCUT2D eigenvalue weighted by atomic mass is 9.87. The van der Waals surface area contributed by atoms with E-state index in [1.807, 2.05) is 26.2 Å². The summed E-state index contributed by atoms with van der Waals surface area (Å²) in [5.41, 5.74) is 6.77. The van der Waals surface area contributed by atoms with Crippen molar-refractivity contribution in [2.45, 2.75) is 59.5 Å². The van der Waals surface area contributed by atoms with Gasteiger partial charge in [0.25, 0.3) is 0 Å². The third-order valence-electron chi connectivity index (χ3n) is 2.95. The van der Waals surface area contributed by atoms with Crippen molar-refractivity contribution in [2.24, 2.45) is 11.1 Å². The molecule has 0 aromatic carbocycles. The first-order valence-electron chi connectivity index (χ1n) is 6.50. The van der Waals surface area contributed by atoms with Crippen LogP contribution in [-0.2, 0) is 16.8 Å². The lowest BCUT2D eigenvalue weighted by Gasteiger charge is -2.25. The summed E-state index contributed by atoms with van der Waals surface area (Å²) < 4.78 is 0. The number of carbonyl (C=O) groups excluding carboxylic acids is 1. The molecule has 0 saturated carbocycles. The van der Waals surface area contributed by atoms with E-state index in [2.05, 4.69) is 31.1 Å². The van der Waals surface area contributed by atoms with E-state index in [1.165, 1.54) is 0 Å². The molecule has 1 atom stereocenters. The van der Waals surface area contributed by atoms with Crippen molar-refractivity contribution in [3.05, 3.63) is 16.1 Å². The summed E-state index contributed by atoms with van der Waals surface area (Å²) >= 11 is 1.57. The number of thiazole rings is 1. The van der Waals surface area contributed by atoms with Crippen LogP contribution >= 0.6 is 36.2 Å². The second kappa shape index (κ2) is 8.32. The molecular weight excluding hydrogens is 329 g/mol. The van der Waals surface area contributed by atoms with Crippen molar-refractivity contribution < 1.29 is 4.79 Å². The zero-order valence-corrected chi connectivity index (χ0v) is 16.0. The fourth-order valence-electron chi connectivity index (χ4n) is 1.40. The number of hydrogen-bond donors (Lipinski definition) is 2. The molecule has 0 bridgehead atoms. The Kier molecular flexibility index (Phi) is 9.08. The molecule has 0 aliphatic carbocycles. The van der Waals surface area contributed by atoms with Gasteiger partial charge >= 0.3 is 0 Å². The van der Waals surface area contributed by atoms with Crippen LogP contribution in [0.1, 0.15) is 52.2 Å². The molecule has 124 valence electrons. The van der Waals surface area contributed by atoms with E-state index in [9.17, 15) is 4.79 Å². The number of carbonyl (C=O) groups is 1. The highest BCUT2D eigenvalue weighted by Gasteiger charge is 2.27. The fraction of sp³-hybridized carbons (Fsp3) is 0.714. The average Bonchev–Trinajstić information content (AvgIpc) is 2.71. The highest BCUT2D eigenvalue weighted by atomic mass is 35.5. The average molecular weight is 356 g/mol. The minimum Gasteiger partial charge on any atom is -0.348 e. The molecule has 1 heterocycles.